The van der Waals surface area contributed by atoms with Crippen LogP contribution in [-0.2, 0) is 22.3 Å². The largest absolute Gasteiger partial charge is 0.382 e. The van der Waals surface area contributed by atoms with Crippen molar-refractivity contribution in [1.82, 2.24) is 19.5 Å². The van der Waals surface area contributed by atoms with Gasteiger partial charge in [0.05, 0.1) is 12.6 Å². The molecule has 0 radical (unpaired) electrons. The molecule has 2 aromatic rings. The Balaban J connectivity index is 2.31. The van der Waals surface area contributed by atoms with Gasteiger partial charge >= 0.3 is 7.60 Å². The van der Waals surface area contributed by atoms with Crippen molar-refractivity contribution in [3.8, 4) is 0 Å². The number of anilines is 2. The zero-order chi connectivity index (χ0) is 16.5. The third kappa shape index (κ3) is 3.72. The Morgan fingerprint density at radius 2 is 2.00 bits per heavy atom. The summed E-state index contributed by atoms with van der Waals surface area (Å²) in [7, 11) is -4.20. The summed E-state index contributed by atoms with van der Waals surface area (Å²) in [5.41, 5.74) is 12.3. The van der Waals surface area contributed by atoms with Crippen LogP contribution in [0, 0.1) is 0 Å². The van der Waals surface area contributed by atoms with Crippen LogP contribution in [0.2, 0.25) is 0 Å². The van der Waals surface area contributed by atoms with Crippen LogP contribution in [0.1, 0.15) is 19.7 Å². The van der Waals surface area contributed by atoms with E-state index in [1.54, 1.807) is 11.5 Å². The monoisotopic (exact) mass is 330 g/mol. The molecule has 2 heterocycles. The first-order valence-corrected chi connectivity index (χ1v) is 8.45. The molecule has 10 nitrogen and oxygen atoms in total. The molecule has 0 fully saturated rings. The topological polar surface area (TPSA) is 162 Å². The molecule has 0 aliphatic rings. The second-order valence-corrected chi connectivity index (χ2v) is 6.49. The molecular formula is C11H19N6O4P. The average molecular weight is 330 g/mol. The van der Waals surface area contributed by atoms with Crippen molar-refractivity contribution in [3.05, 3.63) is 5.82 Å². The maximum Gasteiger partial charge on any atom is 0.350 e. The van der Waals surface area contributed by atoms with Crippen LogP contribution >= 0.6 is 7.60 Å². The standard InChI is InChI=1S/C11H19N6O4P/c1-3-7-14-8-9(12)15-11(13)16-10(8)17(7)4-6(2)21-5-22(18,19)20/h6H,3-5H2,1-2H3,(H2,18,19,20)(H4,12,13,15,16)/t6-/m1/s1. The summed E-state index contributed by atoms with van der Waals surface area (Å²) in [6.07, 6.45) is -0.463. The van der Waals surface area contributed by atoms with E-state index in [4.69, 9.17) is 26.0 Å². The maximum absolute atomic E-state index is 10.9. The molecule has 1 atom stereocenters. The minimum atomic E-state index is -4.20. The molecule has 2 rings (SSSR count). The number of hydrogen-bond acceptors (Lipinski definition) is 7. The van der Waals surface area contributed by atoms with Gasteiger partial charge in [0.25, 0.3) is 0 Å². The molecule has 0 aliphatic heterocycles. The molecule has 0 amide bonds. The summed E-state index contributed by atoms with van der Waals surface area (Å²) in [4.78, 5) is 30.1. The quantitative estimate of drug-likeness (QED) is 0.537. The number of nitrogens with zero attached hydrogens (tertiary/aromatic N) is 4. The highest BCUT2D eigenvalue weighted by molar-refractivity contribution is 7.51. The molecule has 0 spiro atoms. The molecule has 22 heavy (non-hydrogen) atoms. The molecule has 6 N–H and O–H groups in total. The van der Waals surface area contributed by atoms with Gasteiger partial charge in [0.15, 0.2) is 17.0 Å². The minimum Gasteiger partial charge on any atom is -0.382 e. The predicted octanol–water partition coefficient (Wildman–Crippen LogP) is 0.0934. The van der Waals surface area contributed by atoms with Gasteiger partial charge in [0.1, 0.15) is 12.2 Å². The van der Waals surface area contributed by atoms with Crippen LogP contribution in [0.3, 0.4) is 0 Å². The Hall–Kier alpha value is -1.74. The summed E-state index contributed by atoms with van der Waals surface area (Å²) < 4.78 is 17.8. The highest BCUT2D eigenvalue weighted by atomic mass is 31.2. The number of nitrogens with two attached hydrogens (primary N) is 2. The lowest BCUT2D eigenvalue weighted by Crippen LogP contribution is -2.19. The highest BCUT2D eigenvalue weighted by Crippen LogP contribution is 2.34. The number of rotatable bonds is 6. The molecule has 122 valence electrons. The summed E-state index contributed by atoms with van der Waals surface area (Å²) in [5, 5.41) is 0. The lowest BCUT2D eigenvalue weighted by Gasteiger charge is -2.16. The van der Waals surface area contributed by atoms with E-state index in [-0.39, 0.29) is 11.8 Å². The number of nitrogen functional groups attached to an aromatic ring is 2. The molecule has 0 saturated heterocycles. The Morgan fingerprint density at radius 1 is 1.32 bits per heavy atom. The SMILES string of the molecule is CCc1nc2c(N)nc(N)nc2n1C[C@@H](C)OCP(=O)(O)O. The van der Waals surface area contributed by atoms with E-state index >= 15 is 0 Å². The fourth-order valence-corrected chi connectivity index (χ4v) is 2.53. The lowest BCUT2D eigenvalue weighted by molar-refractivity contribution is 0.0759. The van der Waals surface area contributed by atoms with Gasteiger partial charge in [-0.3, -0.25) is 4.57 Å². The van der Waals surface area contributed by atoms with Crippen molar-refractivity contribution in [1.29, 1.82) is 0 Å². The van der Waals surface area contributed by atoms with E-state index in [1.165, 1.54) is 0 Å². The van der Waals surface area contributed by atoms with Crippen LogP contribution in [0.15, 0.2) is 0 Å². The number of hydrogen-bond donors (Lipinski definition) is 4. The van der Waals surface area contributed by atoms with Crippen molar-refractivity contribution in [2.24, 2.45) is 0 Å². The second kappa shape index (κ2) is 6.17. The number of ether oxygens (including phenoxy) is 1. The van der Waals surface area contributed by atoms with Gasteiger partial charge in [0, 0.05) is 6.42 Å². The summed E-state index contributed by atoms with van der Waals surface area (Å²) in [5.74, 6) is 0.950. The molecular weight excluding hydrogens is 311 g/mol. The van der Waals surface area contributed by atoms with Crippen molar-refractivity contribution < 1.29 is 19.1 Å². The van der Waals surface area contributed by atoms with Gasteiger partial charge < -0.3 is 30.6 Å². The zero-order valence-corrected chi connectivity index (χ0v) is 13.2. The number of fused-ring (bicyclic) bond motifs is 1. The fourth-order valence-electron chi connectivity index (χ4n) is 2.08. The average Bonchev–Trinajstić information content (AvgIpc) is 2.74. The summed E-state index contributed by atoms with van der Waals surface area (Å²) in [6.45, 7) is 3.94. The van der Waals surface area contributed by atoms with Crippen molar-refractivity contribution in [3.63, 3.8) is 0 Å². The Kier molecular flexibility index (Phi) is 4.66. The van der Waals surface area contributed by atoms with Crippen LogP contribution < -0.4 is 11.5 Å². The van der Waals surface area contributed by atoms with Crippen molar-refractivity contribution in [2.75, 3.05) is 17.8 Å². The first-order chi connectivity index (χ1) is 10.2. The van der Waals surface area contributed by atoms with Crippen molar-refractivity contribution >= 4 is 30.5 Å². The minimum absolute atomic E-state index is 0.0394. The van der Waals surface area contributed by atoms with Crippen LogP contribution in [-0.4, -0.2) is 41.8 Å². The molecule has 0 aliphatic carbocycles. The molecule has 0 aromatic carbocycles. The molecule has 2 aromatic heterocycles. The first kappa shape index (κ1) is 16.6. The van der Waals surface area contributed by atoms with E-state index < -0.39 is 20.0 Å². The van der Waals surface area contributed by atoms with E-state index in [0.717, 1.165) is 0 Å². The van der Waals surface area contributed by atoms with Crippen LogP contribution in [0.5, 0.6) is 0 Å². The molecule has 0 bridgehead atoms. The van der Waals surface area contributed by atoms with Gasteiger partial charge in [-0.05, 0) is 6.92 Å². The van der Waals surface area contributed by atoms with Crippen LogP contribution in [0.4, 0.5) is 11.8 Å². The number of aryl methyl sites for hydroxylation is 1. The fraction of sp³-hybridized carbons (Fsp3) is 0.545. The van der Waals surface area contributed by atoms with Gasteiger partial charge in [-0.2, -0.15) is 9.97 Å². The number of aromatic nitrogens is 4. The zero-order valence-electron chi connectivity index (χ0n) is 12.3. The normalized spacial score (nSPS) is 13.6. The van der Waals surface area contributed by atoms with Crippen LogP contribution in [0.25, 0.3) is 11.2 Å². The van der Waals surface area contributed by atoms with Gasteiger partial charge in [0.2, 0.25) is 5.95 Å². The van der Waals surface area contributed by atoms with Crippen molar-refractivity contribution in [2.45, 2.75) is 32.9 Å². The van der Waals surface area contributed by atoms with Gasteiger partial charge in [-0.25, -0.2) is 4.98 Å². The summed E-state index contributed by atoms with van der Waals surface area (Å²) in [6, 6.07) is 0. The summed E-state index contributed by atoms with van der Waals surface area (Å²) >= 11 is 0. The van der Waals surface area contributed by atoms with E-state index in [0.29, 0.717) is 30.0 Å². The predicted molar refractivity (Wildman–Crippen MR) is 81.0 cm³/mol. The van der Waals surface area contributed by atoms with Gasteiger partial charge in [-0.15, -0.1) is 0 Å². The Labute approximate surface area is 126 Å². The molecule has 11 heteroatoms. The smallest absolute Gasteiger partial charge is 0.350 e. The third-order valence-corrected chi connectivity index (χ3v) is 3.49. The second-order valence-electron chi connectivity index (χ2n) is 4.90. The van der Waals surface area contributed by atoms with E-state index in [9.17, 15) is 4.57 Å². The lowest BCUT2D eigenvalue weighted by atomic mass is 10.3. The first-order valence-electron chi connectivity index (χ1n) is 6.65. The highest BCUT2D eigenvalue weighted by Gasteiger charge is 2.19. The Morgan fingerprint density at radius 3 is 2.59 bits per heavy atom. The Bertz CT molecular complexity index is 727. The van der Waals surface area contributed by atoms with E-state index in [1.807, 2.05) is 6.92 Å². The third-order valence-electron chi connectivity index (χ3n) is 3.00. The molecule has 0 unspecified atom stereocenters. The van der Waals surface area contributed by atoms with Gasteiger partial charge in [-0.1, -0.05) is 6.92 Å². The van der Waals surface area contributed by atoms with E-state index in [2.05, 4.69) is 15.0 Å². The number of imidazole rings is 1. The molecule has 0 saturated carbocycles. The maximum atomic E-state index is 10.9.